The molecule has 0 fully saturated rings. The van der Waals surface area contributed by atoms with Gasteiger partial charge in [0.1, 0.15) is 6.10 Å². The van der Waals surface area contributed by atoms with E-state index >= 15 is 0 Å². The molecule has 21 heavy (non-hydrogen) atoms. The Morgan fingerprint density at radius 2 is 2.10 bits per heavy atom. The predicted molar refractivity (Wildman–Crippen MR) is 87.2 cm³/mol. The first-order chi connectivity index (χ1) is 9.76. The molecule has 1 unspecified atom stereocenters. The van der Waals surface area contributed by atoms with Gasteiger partial charge in [-0.2, -0.15) is 0 Å². The van der Waals surface area contributed by atoms with Gasteiger partial charge in [0.15, 0.2) is 0 Å². The first-order valence-electron chi connectivity index (χ1n) is 7.16. The minimum absolute atomic E-state index is 0.174. The van der Waals surface area contributed by atoms with E-state index in [1.165, 1.54) is 0 Å². The topological polar surface area (TPSA) is 50.4 Å². The van der Waals surface area contributed by atoms with Crippen molar-refractivity contribution in [3.8, 4) is 0 Å². The highest BCUT2D eigenvalue weighted by atomic mass is 16.6. The van der Waals surface area contributed by atoms with Crippen molar-refractivity contribution in [2.45, 2.75) is 39.3 Å². The van der Waals surface area contributed by atoms with E-state index in [1.807, 2.05) is 59.0 Å². The number of likely N-dealkylation sites (N-methyl/N-ethyl adjacent to an activating group) is 1. The molecule has 0 bridgehead atoms. The molecule has 0 saturated carbocycles. The van der Waals surface area contributed by atoms with Gasteiger partial charge in [-0.15, -0.1) is 0 Å². The van der Waals surface area contributed by atoms with Crippen LogP contribution in [0.5, 0.6) is 0 Å². The largest absolute Gasteiger partial charge is 0.445 e. The highest BCUT2D eigenvalue weighted by Gasteiger charge is 2.24. The number of carbonyl (C=O) groups is 1. The number of nitrogens with one attached hydrogen (secondary N) is 2. The van der Waals surface area contributed by atoms with Crippen LogP contribution in [0.25, 0.3) is 5.57 Å². The Labute approximate surface area is 127 Å². The third-order valence-electron chi connectivity index (χ3n) is 3.29. The highest BCUT2D eigenvalue weighted by molar-refractivity contribution is 5.69. The predicted octanol–water partition coefficient (Wildman–Crippen LogP) is 3.29. The molecule has 0 heterocycles. The van der Waals surface area contributed by atoms with Crippen LogP contribution < -0.4 is 10.6 Å². The van der Waals surface area contributed by atoms with Crippen LogP contribution in [-0.4, -0.2) is 25.8 Å². The number of allylic oxidation sites excluding steroid dienone is 1. The van der Waals surface area contributed by atoms with Crippen LogP contribution in [0.1, 0.15) is 38.8 Å². The zero-order valence-corrected chi connectivity index (χ0v) is 13.6. The van der Waals surface area contributed by atoms with Gasteiger partial charge in [0, 0.05) is 6.54 Å². The standard InChI is InChI=1S/C17H26N2O2/c1-12(2)14-8-7-9-15(10-14)17(4,5)19-16(20)21-13(3)11-18-6/h7-10,13,18H,1,11H2,2-6H3,(H,19,20). The van der Waals surface area contributed by atoms with E-state index in [-0.39, 0.29) is 6.10 Å². The van der Waals surface area contributed by atoms with Crippen molar-refractivity contribution in [3.05, 3.63) is 42.0 Å². The third kappa shape index (κ3) is 5.23. The van der Waals surface area contributed by atoms with Crippen LogP contribution >= 0.6 is 0 Å². The monoisotopic (exact) mass is 290 g/mol. The lowest BCUT2D eigenvalue weighted by molar-refractivity contribution is 0.0989. The van der Waals surface area contributed by atoms with E-state index in [1.54, 1.807) is 0 Å². The maximum absolute atomic E-state index is 12.0. The van der Waals surface area contributed by atoms with Gasteiger partial charge in [-0.3, -0.25) is 0 Å². The first kappa shape index (κ1) is 17.2. The van der Waals surface area contributed by atoms with E-state index in [9.17, 15) is 4.79 Å². The minimum atomic E-state index is -0.512. The smallest absolute Gasteiger partial charge is 0.408 e. The molecule has 1 rings (SSSR count). The van der Waals surface area contributed by atoms with Crippen LogP contribution in [0.2, 0.25) is 0 Å². The molecule has 116 valence electrons. The molecule has 0 aliphatic carbocycles. The molecule has 2 N–H and O–H groups in total. The van der Waals surface area contributed by atoms with Crippen molar-refractivity contribution >= 4 is 11.7 Å². The summed E-state index contributed by atoms with van der Waals surface area (Å²) in [7, 11) is 1.82. The van der Waals surface area contributed by atoms with Crippen molar-refractivity contribution in [1.82, 2.24) is 10.6 Å². The molecule has 1 atom stereocenters. The van der Waals surface area contributed by atoms with Gasteiger partial charge in [0.05, 0.1) is 5.54 Å². The Balaban J connectivity index is 2.78. The van der Waals surface area contributed by atoms with Gasteiger partial charge in [-0.25, -0.2) is 4.79 Å². The zero-order chi connectivity index (χ0) is 16.0. The molecule has 1 aromatic carbocycles. The fourth-order valence-corrected chi connectivity index (χ4v) is 2.04. The summed E-state index contributed by atoms with van der Waals surface area (Å²) in [5, 5.41) is 5.88. The van der Waals surface area contributed by atoms with E-state index < -0.39 is 11.6 Å². The van der Waals surface area contributed by atoms with Gasteiger partial charge >= 0.3 is 6.09 Å². The number of amides is 1. The Bertz CT molecular complexity index is 509. The van der Waals surface area contributed by atoms with Crippen LogP contribution in [0.4, 0.5) is 4.79 Å². The Hall–Kier alpha value is -1.81. The fourth-order valence-electron chi connectivity index (χ4n) is 2.04. The van der Waals surface area contributed by atoms with Crippen molar-refractivity contribution in [2.24, 2.45) is 0 Å². The van der Waals surface area contributed by atoms with Crippen LogP contribution in [0.3, 0.4) is 0 Å². The summed E-state index contributed by atoms with van der Waals surface area (Å²) in [5.41, 5.74) is 2.57. The molecular formula is C17H26N2O2. The fraction of sp³-hybridized carbons (Fsp3) is 0.471. The molecular weight excluding hydrogens is 264 g/mol. The van der Waals surface area contributed by atoms with Gasteiger partial charge < -0.3 is 15.4 Å². The molecule has 1 aromatic rings. The molecule has 4 heteroatoms. The number of alkyl carbamates (subject to hydrolysis) is 1. The maximum Gasteiger partial charge on any atom is 0.408 e. The summed E-state index contributed by atoms with van der Waals surface area (Å²) in [5.74, 6) is 0. The number of ether oxygens (including phenoxy) is 1. The molecule has 0 aliphatic rings. The second-order valence-electron chi connectivity index (χ2n) is 5.88. The summed E-state index contributed by atoms with van der Waals surface area (Å²) in [6.45, 7) is 12.3. The first-order valence-corrected chi connectivity index (χ1v) is 7.16. The number of carbonyl (C=O) groups excluding carboxylic acids is 1. The Morgan fingerprint density at radius 3 is 2.67 bits per heavy atom. The molecule has 0 aromatic heterocycles. The average Bonchev–Trinajstić information content (AvgIpc) is 2.38. The van der Waals surface area contributed by atoms with Crippen molar-refractivity contribution in [2.75, 3.05) is 13.6 Å². The summed E-state index contributed by atoms with van der Waals surface area (Å²) in [6.07, 6.45) is -0.587. The third-order valence-corrected chi connectivity index (χ3v) is 3.29. The lowest BCUT2D eigenvalue weighted by atomic mass is 9.92. The van der Waals surface area contributed by atoms with Crippen LogP contribution in [0, 0.1) is 0 Å². The maximum atomic E-state index is 12.0. The Kier molecular flexibility index (Phi) is 5.97. The van der Waals surface area contributed by atoms with Gasteiger partial charge in [-0.05, 0) is 51.9 Å². The van der Waals surface area contributed by atoms with Gasteiger partial charge in [0.2, 0.25) is 0 Å². The van der Waals surface area contributed by atoms with Gasteiger partial charge in [-0.1, -0.05) is 30.4 Å². The SMILES string of the molecule is C=C(C)c1cccc(C(C)(C)NC(=O)OC(C)CNC)c1. The average molecular weight is 290 g/mol. The highest BCUT2D eigenvalue weighted by Crippen LogP contribution is 2.23. The Morgan fingerprint density at radius 1 is 1.43 bits per heavy atom. The summed E-state index contributed by atoms with van der Waals surface area (Å²) in [6, 6.07) is 8.01. The van der Waals surface area contributed by atoms with Crippen molar-refractivity contribution < 1.29 is 9.53 Å². The lowest BCUT2D eigenvalue weighted by Crippen LogP contribution is -2.43. The van der Waals surface area contributed by atoms with Crippen molar-refractivity contribution in [1.29, 1.82) is 0 Å². The normalized spacial score (nSPS) is 12.6. The molecule has 0 spiro atoms. The van der Waals surface area contributed by atoms with E-state index in [2.05, 4.69) is 17.2 Å². The van der Waals surface area contributed by atoms with Gasteiger partial charge in [0.25, 0.3) is 0 Å². The second kappa shape index (κ2) is 7.27. The summed E-state index contributed by atoms with van der Waals surface area (Å²) < 4.78 is 5.30. The molecule has 0 saturated heterocycles. The lowest BCUT2D eigenvalue weighted by Gasteiger charge is -2.28. The summed E-state index contributed by atoms with van der Waals surface area (Å²) in [4.78, 5) is 12.0. The summed E-state index contributed by atoms with van der Waals surface area (Å²) >= 11 is 0. The second-order valence-corrected chi connectivity index (χ2v) is 5.88. The number of benzene rings is 1. The van der Waals surface area contributed by atoms with E-state index in [0.29, 0.717) is 6.54 Å². The van der Waals surface area contributed by atoms with Crippen molar-refractivity contribution in [3.63, 3.8) is 0 Å². The number of hydrogen-bond acceptors (Lipinski definition) is 3. The van der Waals surface area contributed by atoms with Crippen LogP contribution in [0.15, 0.2) is 30.8 Å². The molecule has 0 radical (unpaired) electrons. The zero-order valence-electron chi connectivity index (χ0n) is 13.6. The molecule has 4 nitrogen and oxygen atoms in total. The quantitative estimate of drug-likeness (QED) is 0.845. The van der Waals surface area contributed by atoms with Crippen LogP contribution in [-0.2, 0) is 10.3 Å². The number of rotatable bonds is 6. The number of hydrogen-bond donors (Lipinski definition) is 2. The van der Waals surface area contributed by atoms with E-state index in [4.69, 9.17) is 4.74 Å². The molecule has 1 amide bonds. The minimum Gasteiger partial charge on any atom is -0.445 e. The molecule has 0 aliphatic heterocycles. The van der Waals surface area contributed by atoms with E-state index in [0.717, 1.165) is 16.7 Å².